The fourth-order valence-electron chi connectivity index (χ4n) is 2.57. The Morgan fingerprint density at radius 1 is 1.57 bits per heavy atom. The quantitative estimate of drug-likeness (QED) is 0.715. The number of rotatable bonds is 4. The number of primary amides is 1. The molecule has 3 unspecified atom stereocenters. The molecule has 0 aromatic rings. The van der Waals surface area contributed by atoms with Gasteiger partial charge in [-0.05, 0) is 31.7 Å². The summed E-state index contributed by atoms with van der Waals surface area (Å²) in [5, 5.41) is 3.22. The molecule has 1 saturated carbocycles. The second-order valence-electron chi connectivity index (χ2n) is 4.60. The summed E-state index contributed by atoms with van der Waals surface area (Å²) < 4.78 is 0. The zero-order valence-corrected chi connectivity index (χ0v) is 9.25. The first-order valence-corrected chi connectivity index (χ1v) is 5.59. The van der Waals surface area contributed by atoms with Crippen molar-refractivity contribution in [1.29, 1.82) is 0 Å². The van der Waals surface area contributed by atoms with Gasteiger partial charge in [0, 0.05) is 12.5 Å². The number of carbonyl (C=O) groups excluding carboxylic acids is 1. The lowest BCUT2D eigenvalue weighted by atomic mass is 9.78. The van der Waals surface area contributed by atoms with E-state index in [2.05, 4.69) is 12.2 Å². The van der Waals surface area contributed by atoms with Crippen LogP contribution in [0.5, 0.6) is 0 Å². The minimum absolute atomic E-state index is 0.192. The molecular formula is C11H22N2O. The van der Waals surface area contributed by atoms with Gasteiger partial charge in [-0.2, -0.15) is 0 Å². The van der Waals surface area contributed by atoms with E-state index in [-0.39, 0.29) is 11.9 Å². The van der Waals surface area contributed by atoms with Crippen LogP contribution in [-0.2, 0) is 4.79 Å². The van der Waals surface area contributed by atoms with Gasteiger partial charge in [0.1, 0.15) is 0 Å². The third-order valence-corrected chi connectivity index (χ3v) is 3.34. The van der Waals surface area contributed by atoms with Crippen LogP contribution in [0.1, 0.15) is 39.0 Å². The lowest BCUT2D eigenvalue weighted by Crippen LogP contribution is -2.39. The summed E-state index contributed by atoms with van der Waals surface area (Å²) in [6.07, 6.45) is 5.59. The van der Waals surface area contributed by atoms with E-state index in [4.69, 9.17) is 5.73 Å². The van der Waals surface area contributed by atoms with Crippen molar-refractivity contribution in [3.05, 3.63) is 0 Å². The van der Waals surface area contributed by atoms with Gasteiger partial charge in [0.15, 0.2) is 0 Å². The highest BCUT2D eigenvalue weighted by molar-refractivity contribution is 5.74. The highest BCUT2D eigenvalue weighted by atomic mass is 16.1. The second-order valence-corrected chi connectivity index (χ2v) is 4.60. The SMILES string of the molecule is CNC(CC(N)=O)C1CCCC(C)C1. The molecule has 0 heterocycles. The summed E-state index contributed by atoms with van der Waals surface area (Å²) in [6, 6.07) is 0.287. The van der Waals surface area contributed by atoms with E-state index in [1.54, 1.807) is 0 Å². The summed E-state index contributed by atoms with van der Waals surface area (Å²) in [6.45, 7) is 2.29. The zero-order valence-electron chi connectivity index (χ0n) is 9.25. The Balaban J connectivity index is 2.46. The topological polar surface area (TPSA) is 55.1 Å². The lowest BCUT2D eigenvalue weighted by Gasteiger charge is -2.32. The summed E-state index contributed by atoms with van der Waals surface area (Å²) >= 11 is 0. The van der Waals surface area contributed by atoms with E-state index >= 15 is 0 Å². The van der Waals surface area contributed by atoms with Gasteiger partial charge in [0.05, 0.1) is 0 Å². The molecule has 0 aromatic carbocycles. The van der Waals surface area contributed by atoms with Gasteiger partial charge in [-0.3, -0.25) is 4.79 Å². The Bertz CT molecular complexity index is 194. The number of carbonyl (C=O) groups is 1. The molecule has 14 heavy (non-hydrogen) atoms. The van der Waals surface area contributed by atoms with Gasteiger partial charge in [-0.25, -0.2) is 0 Å². The molecule has 0 bridgehead atoms. The molecule has 0 spiro atoms. The van der Waals surface area contributed by atoms with Crippen LogP contribution in [0.25, 0.3) is 0 Å². The zero-order chi connectivity index (χ0) is 10.6. The van der Waals surface area contributed by atoms with Crippen molar-refractivity contribution in [1.82, 2.24) is 5.32 Å². The first-order valence-electron chi connectivity index (χ1n) is 5.59. The molecule has 3 N–H and O–H groups in total. The highest BCUT2D eigenvalue weighted by Gasteiger charge is 2.26. The molecular weight excluding hydrogens is 176 g/mol. The van der Waals surface area contributed by atoms with Crippen LogP contribution in [0, 0.1) is 11.8 Å². The van der Waals surface area contributed by atoms with E-state index in [0.29, 0.717) is 12.3 Å². The van der Waals surface area contributed by atoms with Crippen molar-refractivity contribution in [3.8, 4) is 0 Å². The first kappa shape index (κ1) is 11.5. The molecule has 0 radical (unpaired) electrons. The van der Waals surface area contributed by atoms with Gasteiger partial charge >= 0.3 is 0 Å². The van der Waals surface area contributed by atoms with E-state index < -0.39 is 0 Å². The molecule has 1 fully saturated rings. The maximum absolute atomic E-state index is 10.9. The van der Waals surface area contributed by atoms with Crippen molar-refractivity contribution in [2.75, 3.05) is 7.05 Å². The van der Waals surface area contributed by atoms with Crippen LogP contribution in [0.15, 0.2) is 0 Å². The standard InChI is InChI=1S/C11H22N2O/c1-8-4-3-5-9(6-8)10(13-2)7-11(12)14/h8-10,13H,3-7H2,1-2H3,(H2,12,14). The minimum Gasteiger partial charge on any atom is -0.370 e. The van der Waals surface area contributed by atoms with E-state index in [1.807, 2.05) is 7.05 Å². The summed E-state index contributed by atoms with van der Waals surface area (Å²) in [4.78, 5) is 10.9. The number of nitrogens with one attached hydrogen (secondary N) is 1. The molecule has 0 aromatic heterocycles. The molecule has 1 rings (SSSR count). The molecule has 1 aliphatic rings. The smallest absolute Gasteiger partial charge is 0.218 e. The molecule has 0 saturated heterocycles. The Hall–Kier alpha value is -0.570. The van der Waals surface area contributed by atoms with Gasteiger partial charge in [0.25, 0.3) is 0 Å². The second kappa shape index (κ2) is 5.35. The molecule has 1 amide bonds. The summed E-state index contributed by atoms with van der Waals surface area (Å²) in [5.74, 6) is 1.25. The maximum atomic E-state index is 10.9. The first-order chi connectivity index (χ1) is 6.63. The van der Waals surface area contributed by atoms with Gasteiger partial charge in [-0.15, -0.1) is 0 Å². The Morgan fingerprint density at radius 2 is 2.29 bits per heavy atom. The molecule has 0 aliphatic heterocycles. The minimum atomic E-state index is -0.192. The largest absolute Gasteiger partial charge is 0.370 e. The van der Waals surface area contributed by atoms with Crippen LogP contribution < -0.4 is 11.1 Å². The maximum Gasteiger partial charge on any atom is 0.218 e. The predicted molar refractivity (Wildman–Crippen MR) is 57.8 cm³/mol. The van der Waals surface area contributed by atoms with Crippen molar-refractivity contribution in [2.24, 2.45) is 17.6 Å². The van der Waals surface area contributed by atoms with E-state index in [0.717, 1.165) is 5.92 Å². The predicted octanol–water partition coefficient (Wildman–Crippen LogP) is 1.28. The van der Waals surface area contributed by atoms with Gasteiger partial charge in [0.2, 0.25) is 5.91 Å². The highest BCUT2D eigenvalue weighted by Crippen LogP contribution is 2.31. The van der Waals surface area contributed by atoms with E-state index in [9.17, 15) is 4.79 Å². The average molecular weight is 198 g/mol. The number of amides is 1. The molecule has 3 atom stereocenters. The number of hydrogen-bond donors (Lipinski definition) is 2. The van der Waals surface area contributed by atoms with Crippen molar-refractivity contribution < 1.29 is 4.79 Å². The molecule has 82 valence electrons. The van der Waals surface area contributed by atoms with Crippen LogP contribution >= 0.6 is 0 Å². The van der Waals surface area contributed by atoms with Crippen molar-refractivity contribution in [3.63, 3.8) is 0 Å². The summed E-state index contributed by atoms with van der Waals surface area (Å²) in [5.41, 5.74) is 5.23. The molecule has 3 heteroatoms. The Morgan fingerprint density at radius 3 is 2.79 bits per heavy atom. The van der Waals surface area contributed by atoms with Crippen molar-refractivity contribution in [2.45, 2.75) is 45.1 Å². The Labute approximate surface area is 86.4 Å². The van der Waals surface area contributed by atoms with Gasteiger partial charge < -0.3 is 11.1 Å². The van der Waals surface area contributed by atoms with Crippen LogP contribution in [-0.4, -0.2) is 19.0 Å². The van der Waals surface area contributed by atoms with Gasteiger partial charge in [-0.1, -0.05) is 19.8 Å². The fraction of sp³-hybridized carbons (Fsp3) is 0.909. The normalized spacial score (nSPS) is 29.9. The van der Waals surface area contributed by atoms with Crippen molar-refractivity contribution >= 4 is 5.91 Å². The average Bonchev–Trinajstić information content (AvgIpc) is 2.14. The number of hydrogen-bond acceptors (Lipinski definition) is 2. The Kier molecular flexibility index (Phi) is 4.39. The number of nitrogens with two attached hydrogens (primary N) is 1. The fourth-order valence-corrected chi connectivity index (χ4v) is 2.57. The van der Waals surface area contributed by atoms with E-state index in [1.165, 1.54) is 25.7 Å². The van der Waals surface area contributed by atoms with Crippen LogP contribution in [0.2, 0.25) is 0 Å². The van der Waals surface area contributed by atoms with Crippen LogP contribution in [0.4, 0.5) is 0 Å². The van der Waals surface area contributed by atoms with Crippen LogP contribution in [0.3, 0.4) is 0 Å². The lowest BCUT2D eigenvalue weighted by molar-refractivity contribution is -0.118. The summed E-state index contributed by atoms with van der Waals surface area (Å²) in [7, 11) is 1.92. The molecule has 3 nitrogen and oxygen atoms in total. The monoisotopic (exact) mass is 198 g/mol. The third kappa shape index (κ3) is 3.29. The molecule has 1 aliphatic carbocycles. The third-order valence-electron chi connectivity index (χ3n) is 3.34.